The molecule has 0 radical (unpaired) electrons. The van der Waals surface area contributed by atoms with Crippen molar-refractivity contribution in [3.63, 3.8) is 0 Å². The maximum absolute atomic E-state index is 12.4. The number of anilines is 1. The van der Waals surface area contributed by atoms with Crippen LogP contribution in [0.1, 0.15) is 30.0 Å². The van der Waals surface area contributed by atoms with Crippen LogP contribution in [0.2, 0.25) is 5.02 Å². The average Bonchev–Trinajstić information content (AvgIpc) is 3.41. The highest BCUT2D eigenvalue weighted by atomic mass is 35.5. The second kappa shape index (κ2) is 11.5. The van der Waals surface area contributed by atoms with Crippen molar-refractivity contribution in [3.8, 4) is 0 Å². The summed E-state index contributed by atoms with van der Waals surface area (Å²) in [5, 5.41) is 18.0. The minimum absolute atomic E-state index is 0.0218. The van der Waals surface area contributed by atoms with E-state index in [1.54, 1.807) is 25.0 Å². The number of allylic oxidation sites excluding steroid dienone is 2. The quantitative estimate of drug-likeness (QED) is 0.377. The first-order valence-electron chi connectivity index (χ1n) is 11.2. The summed E-state index contributed by atoms with van der Waals surface area (Å²) in [5.41, 5.74) is 4.62. The van der Waals surface area contributed by atoms with Gasteiger partial charge >= 0.3 is 0 Å². The smallest absolute Gasteiger partial charge is 0.273 e. The van der Waals surface area contributed by atoms with Gasteiger partial charge in [-0.05, 0) is 43.7 Å². The van der Waals surface area contributed by atoms with Gasteiger partial charge in [0.15, 0.2) is 11.2 Å². The Balaban J connectivity index is 1.39. The Hall–Kier alpha value is -3.50. The molecule has 0 aliphatic carbocycles. The Bertz CT molecular complexity index is 1240. The highest BCUT2D eigenvalue weighted by Crippen LogP contribution is 2.44. The summed E-state index contributed by atoms with van der Waals surface area (Å²) >= 11 is 7.77. The summed E-state index contributed by atoms with van der Waals surface area (Å²) in [7, 11) is 2.96. The van der Waals surface area contributed by atoms with Gasteiger partial charge in [0.25, 0.3) is 5.91 Å². The lowest BCUT2D eigenvalue weighted by atomic mass is 9.97. The van der Waals surface area contributed by atoms with E-state index < -0.39 is 0 Å². The molecular formula is C25H27ClN6O3S. The first kappa shape index (κ1) is 25.6. The Kier molecular flexibility index (Phi) is 8.17. The van der Waals surface area contributed by atoms with Gasteiger partial charge in [-0.3, -0.25) is 9.69 Å². The summed E-state index contributed by atoms with van der Waals surface area (Å²) in [6.45, 7) is 4.16. The Morgan fingerprint density at radius 2 is 2.03 bits per heavy atom. The van der Waals surface area contributed by atoms with Crippen LogP contribution < -0.4 is 10.2 Å². The van der Waals surface area contributed by atoms with E-state index in [2.05, 4.69) is 32.6 Å². The molecule has 11 heteroatoms. The third kappa shape index (κ3) is 5.34. The molecule has 1 atom stereocenters. The first-order chi connectivity index (χ1) is 17.4. The SMILES string of the molecule is CNC(=O)/C(=N/OC)c1c(C)cccc1CON=CCC1=C(C)SC2N1N=CN2c1ccc(Cl)cc1. The normalized spacial score (nSPS) is 17.2. The highest BCUT2D eigenvalue weighted by molar-refractivity contribution is 8.04. The van der Waals surface area contributed by atoms with Gasteiger partial charge in [0.05, 0.1) is 5.70 Å². The number of nitrogens with zero attached hydrogens (tertiary/aromatic N) is 5. The van der Waals surface area contributed by atoms with E-state index >= 15 is 0 Å². The van der Waals surface area contributed by atoms with E-state index in [0.29, 0.717) is 17.0 Å². The molecular weight excluding hydrogens is 500 g/mol. The van der Waals surface area contributed by atoms with Crippen molar-refractivity contribution in [2.45, 2.75) is 32.4 Å². The van der Waals surface area contributed by atoms with Crippen molar-refractivity contribution in [1.29, 1.82) is 0 Å². The van der Waals surface area contributed by atoms with Crippen LogP contribution >= 0.6 is 23.4 Å². The topological polar surface area (TPSA) is 91.1 Å². The number of carbonyl (C=O) groups excluding carboxylic acids is 1. The van der Waals surface area contributed by atoms with E-state index in [9.17, 15) is 4.79 Å². The van der Waals surface area contributed by atoms with Crippen molar-refractivity contribution in [2.24, 2.45) is 15.4 Å². The molecule has 188 valence electrons. The van der Waals surface area contributed by atoms with E-state index in [0.717, 1.165) is 22.5 Å². The van der Waals surface area contributed by atoms with Gasteiger partial charge in [-0.1, -0.05) is 51.9 Å². The average molecular weight is 527 g/mol. The van der Waals surface area contributed by atoms with Crippen molar-refractivity contribution >= 4 is 53.2 Å². The minimum atomic E-state index is -0.342. The highest BCUT2D eigenvalue weighted by Gasteiger charge is 2.38. The number of carbonyl (C=O) groups is 1. The number of hydrogen-bond acceptors (Lipinski definition) is 9. The summed E-state index contributed by atoms with van der Waals surface area (Å²) < 4.78 is 0. The molecule has 36 heavy (non-hydrogen) atoms. The van der Waals surface area contributed by atoms with Crippen LogP contribution in [0, 0.1) is 6.92 Å². The zero-order chi connectivity index (χ0) is 25.7. The second-order valence-electron chi connectivity index (χ2n) is 7.98. The lowest BCUT2D eigenvalue weighted by molar-refractivity contribution is -0.114. The van der Waals surface area contributed by atoms with Crippen LogP contribution in [-0.2, 0) is 21.1 Å². The van der Waals surface area contributed by atoms with Gasteiger partial charge in [-0.25, -0.2) is 5.01 Å². The van der Waals surface area contributed by atoms with Crippen LogP contribution in [0.5, 0.6) is 0 Å². The number of fused-ring (bicyclic) bond motifs is 1. The van der Waals surface area contributed by atoms with Gasteiger partial charge in [0.2, 0.25) is 0 Å². The molecule has 1 unspecified atom stereocenters. The fraction of sp³-hybridized carbons (Fsp3) is 0.280. The third-order valence-electron chi connectivity index (χ3n) is 5.71. The molecule has 0 spiro atoms. The molecule has 1 N–H and O–H groups in total. The summed E-state index contributed by atoms with van der Waals surface area (Å²) in [6.07, 6.45) is 4.11. The predicted octanol–water partition coefficient (Wildman–Crippen LogP) is 4.66. The Morgan fingerprint density at radius 3 is 2.75 bits per heavy atom. The van der Waals surface area contributed by atoms with Gasteiger partial charge in [0, 0.05) is 46.4 Å². The summed E-state index contributed by atoms with van der Waals surface area (Å²) in [5.74, 6) is -0.342. The molecule has 4 rings (SSSR count). The minimum Gasteiger partial charge on any atom is -0.398 e. The first-order valence-corrected chi connectivity index (χ1v) is 12.5. The Labute approximate surface area is 219 Å². The summed E-state index contributed by atoms with van der Waals surface area (Å²) in [4.78, 5) is 26.1. The van der Waals surface area contributed by atoms with Crippen molar-refractivity contribution in [1.82, 2.24) is 10.3 Å². The number of aryl methyl sites for hydroxylation is 1. The molecule has 0 saturated heterocycles. The van der Waals surface area contributed by atoms with E-state index in [1.807, 2.05) is 60.7 Å². The van der Waals surface area contributed by atoms with Crippen molar-refractivity contribution < 1.29 is 14.5 Å². The molecule has 0 saturated carbocycles. The molecule has 0 fully saturated rings. The molecule has 2 heterocycles. The van der Waals surface area contributed by atoms with Crippen LogP contribution in [0.3, 0.4) is 0 Å². The zero-order valence-corrected chi connectivity index (χ0v) is 22.0. The third-order valence-corrected chi connectivity index (χ3v) is 7.19. The molecule has 2 aromatic rings. The summed E-state index contributed by atoms with van der Waals surface area (Å²) in [6, 6.07) is 13.4. The molecule has 1 amide bonds. The molecule has 9 nitrogen and oxygen atoms in total. The van der Waals surface area contributed by atoms with Crippen molar-refractivity contribution in [2.75, 3.05) is 19.1 Å². The predicted molar refractivity (Wildman–Crippen MR) is 145 cm³/mol. The monoisotopic (exact) mass is 526 g/mol. The molecule has 0 bridgehead atoms. The zero-order valence-electron chi connectivity index (χ0n) is 20.4. The van der Waals surface area contributed by atoms with E-state index in [1.165, 1.54) is 12.0 Å². The second-order valence-corrected chi connectivity index (χ2v) is 9.69. The van der Waals surface area contributed by atoms with Crippen molar-refractivity contribution in [3.05, 3.63) is 74.8 Å². The number of halogens is 1. The van der Waals surface area contributed by atoms with Crippen LogP contribution in [-0.4, -0.2) is 48.8 Å². The van der Waals surface area contributed by atoms with Crippen LogP contribution in [0.4, 0.5) is 5.69 Å². The maximum Gasteiger partial charge on any atom is 0.273 e. The number of amides is 1. The fourth-order valence-electron chi connectivity index (χ4n) is 3.97. The number of nitrogens with one attached hydrogen (secondary N) is 1. The number of oxime groups is 2. The molecule has 0 aromatic heterocycles. The largest absolute Gasteiger partial charge is 0.398 e. The Morgan fingerprint density at radius 1 is 1.25 bits per heavy atom. The number of likely N-dealkylation sites (N-methyl/N-ethyl adjacent to an activating group) is 1. The molecule has 2 aliphatic heterocycles. The number of hydrazone groups is 1. The number of hydrogen-bond donors (Lipinski definition) is 1. The maximum atomic E-state index is 12.4. The standard InChI is InChI=1S/C25H27ClN6O3S/c1-16-6-5-7-18(22(16)23(30-34-4)24(33)27-3)14-35-29-13-12-21-17(2)36-25-31(15-28-32(21)25)20-10-8-19(26)9-11-20/h5-11,13,15,25H,12,14H2,1-4H3,(H,27,33)/b29-13?,30-23+. The molecule has 2 aromatic carbocycles. The van der Waals surface area contributed by atoms with Gasteiger partial charge in [0.1, 0.15) is 20.1 Å². The number of rotatable bonds is 9. The molecule has 2 aliphatic rings. The van der Waals surface area contributed by atoms with Gasteiger partial charge in [-0.15, -0.1) is 0 Å². The lowest BCUT2D eigenvalue weighted by Crippen LogP contribution is -2.33. The van der Waals surface area contributed by atoms with E-state index in [4.69, 9.17) is 21.3 Å². The number of benzene rings is 2. The van der Waals surface area contributed by atoms with Crippen LogP contribution in [0.15, 0.2) is 68.5 Å². The van der Waals surface area contributed by atoms with Gasteiger partial charge < -0.3 is 15.0 Å². The fourth-order valence-corrected chi connectivity index (χ4v) is 5.29. The lowest BCUT2D eigenvalue weighted by Gasteiger charge is -2.25. The van der Waals surface area contributed by atoms with E-state index in [-0.39, 0.29) is 23.7 Å². The number of thioether (sulfide) groups is 1. The van der Waals surface area contributed by atoms with Crippen LogP contribution in [0.25, 0.3) is 0 Å². The van der Waals surface area contributed by atoms with Gasteiger partial charge in [-0.2, -0.15) is 5.10 Å².